The predicted molar refractivity (Wildman–Crippen MR) is 118 cm³/mol. The highest BCUT2D eigenvalue weighted by atomic mass is 35.5. The second-order valence-corrected chi connectivity index (χ2v) is 8.53. The molecule has 0 bridgehead atoms. The molecule has 1 saturated carbocycles. The van der Waals surface area contributed by atoms with E-state index in [0.29, 0.717) is 16.8 Å². The summed E-state index contributed by atoms with van der Waals surface area (Å²) >= 11 is 6.00. The highest BCUT2D eigenvalue weighted by molar-refractivity contribution is 6.30. The number of aliphatic imine (C=N–C) groups is 1. The zero-order valence-corrected chi connectivity index (χ0v) is 18.1. The Bertz CT molecular complexity index is 1180. The summed E-state index contributed by atoms with van der Waals surface area (Å²) in [5.74, 6) is -1.59. The molecule has 0 radical (unpaired) electrons. The van der Waals surface area contributed by atoms with E-state index in [1.807, 2.05) is 0 Å². The smallest absolute Gasteiger partial charge is 0.272 e. The van der Waals surface area contributed by atoms with Gasteiger partial charge in [-0.1, -0.05) is 41.9 Å². The number of carbonyl (C=O) groups excluding carboxylic acids is 1. The number of amides is 1. The van der Waals surface area contributed by atoms with E-state index in [1.165, 1.54) is 12.4 Å². The third kappa shape index (κ3) is 5.30. The van der Waals surface area contributed by atoms with Crippen molar-refractivity contribution in [2.24, 2.45) is 10.9 Å². The number of pyridine rings is 1. The van der Waals surface area contributed by atoms with Gasteiger partial charge in [-0.2, -0.15) is 13.2 Å². The van der Waals surface area contributed by atoms with Crippen LogP contribution in [0, 0.1) is 11.7 Å². The summed E-state index contributed by atoms with van der Waals surface area (Å²) in [4.78, 5) is 20.9. The van der Waals surface area contributed by atoms with Crippen LogP contribution in [0.15, 0.2) is 71.9 Å². The minimum absolute atomic E-state index is 0.0131. The van der Waals surface area contributed by atoms with Crippen molar-refractivity contribution in [3.05, 3.63) is 100 Å². The zero-order valence-electron chi connectivity index (χ0n) is 17.3. The number of rotatable bonds is 6. The van der Waals surface area contributed by atoms with E-state index in [-0.39, 0.29) is 23.8 Å². The van der Waals surface area contributed by atoms with Gasteiger partial charge in [-0.15, -0.1) is 0 Å². The fourth-order valence-corrected chi connectivity index (χ4v) is 3.82. The summed E-state index contributed by atoms with van der Waals surface area (Å²) in [7, 11) is 0. The number of carbonyl (C=O) groups is 1. The standard InChI is InChI=1S/C25H19ClF4N2O/c26-20-8-9-22(31-14-20)24(13-16-4-2-1-3-5-16,15-32-23(33)17-6-7-17)18-10-19(25(28,29)30)12-21(27)11-18/h1-5,8-12,14-15,17H,6-7,13H2. The molecule has 3 aromatic rings. The van der Waals surface area contributed by atoms with E-state index >= 15 is 0 Å². The van der Waals surface area contributed by atoms with Crippen molar-refractivity contribution >= 4 is 23.7 Å². The van der Waals surface area contributed by atoms with Crippen molar-refractivity contribution in [2.45, 2.75) is 30.9 Å². The van der Waals surface area contributed by atoms with Crippen LogP contribution < -0.4 is 0 Å². The minimum Gasteiger partial charge on any atom is -0.272 e. The third-order valence-electron chi connectivity index (χ3n) is 5.59. The fraction of sp³-hybridized carbons (Fsp3) is 0.240. The van der Waals surface area contributed by atoms with E-state index in [4.69, 9.17) is 11.6 Å². The Morgan fingerprint density at radius 3 is 2.36 bits per heavy atom. The van der Waals surface area contributed by atoms with Crippen LogP contribution in [0.5, 0.6) is 0 Å². The van der Waals surface area contributed by atoms with Crippen LogP contribution in [0.2, 0.25) is 5.02 Å². The van der Waals surface area contributed by atoms with Crippen molar-refractivity contribution in [3.8, 4) is 0 Å². The predicted octanol–water partition coefficient (Wildman–Crippen LogP) is 6.43. The molecule has 1 unspecified atom stereocenters. The lowest BCUT2D eigenvalue weighted by Crippen LogP contribution is -2.34. The Kier molecular flexibility index (Phi) is 6.34. The number of aromatic nitrogens is 1. The molecule has 8 heteroatoms. The maximum Gasteiger partial charge on any atom is 0.416 e. The van der Waals surface area contributed by atoms with Crippen LogP contribution >= 0.6 is 11.6 Å². The van der Waals surface area contributed by atoms with Crippen molar-refractivity contribution in [2.75, 3.05) is 0 Å². The summed E-state index contributed by atoms with van der Waals surface area (Å²) in [6.45, 7) is 0. The van der Waals surface area contributed by atoms with Gasteiger partial charge in [-0.25, -0.2) is 9.38 Å². The zero-order chi connectivity index (χ0) is 23.6. The maximum atomic E-state index is 14.5. The summed E-state index contributed by atoms with van der Waals surface area (Å²) in [6.07, 6.45) is -0.546. The molecule has 1 atom stereocenters. The SMILES string of the molecule is O=C(N=CC(Cc1ccccc1)(c1cc(F)cc(C(F)(F)F)c1)c1ccc(Cl)cn1)C1CC1. The van der Waals surface area contributed by atoms with Crippen LogP contribution in [0.3, 0.4) is 0 Å². The van der Waals surface area contributed by atoms with E-state index in [1.54, 1.807) is 42.5 Å². The van der Waals surface area contributed by atoms with Crippen LogP contribution in [0.4, 0.5) is 17.6 Å². The lowest BCUT2D eigenvalue weighted by Gasteiger charge is -2.31. The molecular formula is C25H19ClF4N2O. The van der Waals surface area contributed by atoms with Gasteiger partial charge < -0.3 is 0 Å². The Morgan fingerprint density at radius 2 is 1.76 bits per heavy atom. The largest absolute Gasteiger partial charge is 0.416 e. The highest BCUT2D eigenvalue weighted by Gasteiger charge is 2.39. The van der Waals surface area contributed by atoms with Gasteiger partial charge in [0.15, 0.2) is 0 Å². The first kappa shape index (κ1) is 23.1. The van der Waals surface area contributed by atoms with Gasteiger partial charge in [-0.05, 0) is 60.7 Å². The average molecular weight is 475 g/mol. The van der Waals surface area contributed by atoms with Gasteiger partial charge >= 0.3 is 6.18 Å². The molecule has 1 aliphatic carbocycles. The van der Waals surface area contributed by atoms with E-state index < -0.39 is 23.0 Å². The maximum absolute atomic E-state index is 14.5. The molecule has 1 fully saturated rings. The van der Waals surface area contributed by atoms with Gasteiger partial charge in [0.1, 0.15) is 5.82 Å². The van der Waals surface area contributed by atoms with Crippen molar-refractivity contribution < 1.29 is 22.4 Å². The lowest BCUT2D eigenvalue weighted by molar-refractivity contribution is -0.137. The molecule has 0 aliphatic heterocycles. The lowest BCUT2D eigenvalue weighted by atomic mass is 9.73. The van der Waals surface area contributed by atoms with Gasteiger partial charge in [-0.3, -0.25) is 9.78 Å². The Morgan fingerprint density at radius 1 is 1.06 bits per heavy atom. The first-order valence-corrected chi connectivity index (χ1v) is 10.7. The number of benzene rings is 2. The Labute approximate surface area is 193 Å². The highest BCUT2D eigenvalue weighted by Crippen LogP contribution is 2.39. The second-order valence-electron chi connectivity index (χ2n) is 8.09. The minimum atomic E-state index is -4.76. The Balaban J connectivity index is 1.96. The van der Waals surface area contributed by atoms with Crippen molar-refractivity contribution in [1.82, 2.24) is 4.98 Å². The molecule has 170 valence electrons. The summed E-state index contributed by atoms with van der Waals surface area (Å²) in [5, 5.41) is 0.327. The molecule has 1 amide bonds. The summed E-state index contributed by atoms with van der Waals surface area (Å²) < 4.78 is 55.2. The number of hydrogen-bond donors (Lipinski definition) is 0. The molecule has 0 spiro atoms. The average Bonchev–Trinajstić information content (AvgIpc) is 3.62. The van der Waals surface area contributed by atoms with Crippen molar-refractivity contribution in [1.29, 1.82) is 0 Å². The van der Waals surface area contributed by atoms with E-state index in [2.05, 4.69) is 9.98 Å². The van der Waals surface area contributed by atoms with Crippen molar-refractivity contribution in [3.63, 3.8) is 0 Å². The first-order chi connectivity index (χ1) is 15.7. The molecule has 4 rings (SSSR count). The molecule has 1 heterocycles. The number of hydrogen-bond acceptors (Lipinski definition) is 2. The molecule has 1 aliphatic rings. The molecule has 2 aromatic carbocycles. The van der Waals surface area contributed by atoms with Crippen LogP contribution in [0.1, 0.15) is 35.2 Å². The van der Waals surface area contributed by atoms with Crippen LogP contribution in [-0.2, 0) is 22.8 Å². The number of nitrogens with zero attached hydrogens (tertiary/aromatic N) is 2. The summed E-state index contributed by atoms with van der Waals surface area (Å²) in [5.41, 5.74) is -1.55. The third-order valence-corrected chi connectivity index (χ3v) is 5.81. The van der Waals surface area contributed by atoms with Crippen LogP contribution in [-0.4, -0.2) is 17.1 Å². The monoisotopic (exact) mass is 474 g/mol. The fourth-order valence-electron chi connectivity index (χ4n) is 3.70. The second kappa shape index (κ2) is 9.06. The molecule has 3 nitrogen and oxygen atoms in total. The van der Waals surface area contributed by atoms with Gasteiger partial charge in [0.2, 0.25) is 5.91 Å². The molecule has 33 heavy (non-hydrogen) atoms. The van der Waals surface area contributed by atoms with Gasteiger partial charge in [0, 0.05) is 18.3 Å². The number of halogens is 5. The normalized spacial score (nSPS) is 16.0. The van der Waals surface area contributed by atoms with Gasteiger partial charge in [0.25, 0.3) is 0 Å². The van der Waals surface area contributed by atoms with E-state index in [9.17, 15) is 22.4 Å². The topological polar surface area (TPSA) is 42.3 Å². The quantitative estimate of drug-likeness (QED) is 0.305. The van der Waals surface area contributed by atoms with Gasteiger partial charge in [0.05, 0.1) is 21.7 Å². The molecule has 1 aromatic heterocycles. The van der Waals surface area contributed by atoms with E-state index in [0.717, 1.165) is 30.5 Å². The first-order valence-electron chi connectivity index (χ1n) is 10.3. The summed E-state index contributed by atoms with van der Waals surface area (Å²) in [6, 6.07) is 14.4. The molecule has 0 saturated heterocycles. The molecule has 0 N–H and O–H groups in total. The van der Waals surface area contributed by atoms with Crippen LogP contribution in [0.25, 0.3) is 0 Å². The Hall–Kier alpha value is -3.06. The number of alkyl halides is 3. The molecular weight excluding hydrogens is 456 g/mol.